The molecule has 2 heterocycles. The van der Waals surface area contributed by atoms with Crippen LogP contribution in [0, 0.1) is 6.92 Å². The van der Waals surface area contributed by atoms with Crippen LogP contribution in [0.15, 0.2) is 12.1 Å². The summed E-state index contributed by atoms with van der Waals surface area (Å²) in [5.41, 5.74) is 1.50. The maximum Gasteiger partial charge on any atom is 0.355 e. The molecule has 1 fully saturated rings. The fourth-order valence-corrected chi connectivity index (χ4v) is 4.26. The van der Waals surface area contributed by atoms with E-state index in [9.17, 15) is 9.59 Å². The van der Waals surface area contributed by atoms with Crippen molar-refractivity contribution in [2.75, 3.05) is 0 Å². The lowest BCUT2D eigenvalue weighted by molar-refractivity contribution is -0.130. The van der Waals surface area contributed by atoms with E-state index in [0.29, 0.717) is 5.69 Å². The maximum atomic E-state index is 12.4. The largest absolute Gasteiger partial charge is 0.448 e. The predicted octanol–water partition coefficient (Wildman–Crippen LogP) is 3.54. The first-order chi connectivity index (χ1) is 11.5. The molecular weight excluding hydrogens is 324 g/mol. The lowest BCUT2D eigenvalue weighted by Crippen LogP contribution is -2.42. The highest BCUT2D eigenvalue weighted by atomic mass is 32.1. The van der Waals surface area contributed by atoms with Crippen molar-refractivity contribution in [3.8, 4) is 0 Å². The van der Waals surface area contributed by atoms with Gasteiger partial charge in [-0.15, -0.1) is 11.3 Å². The molecule has 0 aliphatic heterocycles. The number of hydrogen-bond donors (Lipinski definition) is 1. The first-order valence-corrected chi connectivity index (χ1v) is 9.34. The molecule has 2 aromatic heterocycles. The van der Waals surface area contributed by atoms with E-state index in [0.717, 1.165) is 35.9 Å². The molecule has 1 amide bonds. The van der Waals surface area contributed by atoms with Crippen molar-refractivity contribution in [3.05, 3.63) is 22.7 Å². The van der Waals surface area contributed by atoms with Crippen LogP contribution in [-0.2, 0) is 16.6 Å². The number of esters is 1. The zero-order valence-electron chi connectivity index (χ0n) is 14.4. The van der Waals surface area contributed by atoms with Crippen molar-refractivity contribution >= 4 is 33.4 Å². The quantitative estimate of drug-likeness (QED) is 0.860. The lowest BCUT2D eigenvalue weighted by atomic mass is 9.95. The molecule has 1 aliphatic carbocycles. The van der Waals surface area contributed by atoms with E-state index in [2.05, 4.69) is 11.4 Å². The Bertz CT molecular complexity index is 756. The molecule has 2 aromatic rings. The van der Waals surface area contributed by atoms with Crippen LogP contribution in [0.25, 0.3) is 10.2 Å². The number of amides is 1. The van der Waals surface area contributed by atoms with Crippen LogP contribution in [-0.4, -0.2) is 28.6 Å². The third kappa shape index (κ3) is 3.48. The highest BCUT2D eigenvalue weighted by Crippen LogP contribution is 2.28. The highest BCUT2D eigenvalue weighted by molar-refractivity contribution is 7.19. The van der Waals surface area contributed by atoms with Gasteiger partial charge in [0.2, 0.25) is 0 Å². The predicted molar refractivity (Wildman–Crippen MR) is 95.4 cm³/mol. The van der Waals surface area contributed by atoms with E-state index in [4.69, 9.17) is 4.74 Å². The van der Waals surface area contributed by atoms with Crippen LogP contribution in [0.4, 0.5) is 0 Å². The van der Waals surface area contributed by atoms with E-state index >= 15 is 0 Å². The number of rotatable bonds is 4. The van der Waals surface area contributed by atoms with Gasteiger partial charge >= 0.3 is 5.97 Å². The van der Waals surface area contributed by atoms with Crippen LogP contribution in [0.5, 0.6) is 0 Å². The number of aromatic nitrogens is 1. The van der Waals surface area contributed by atoms with Crippen molar-refractivity contribution in [3.63, 3.8) is 0 Å². The van der Waals surface area contributed by atoms with Gasteiger partial charge < -0.3 is 14.6 Å². The summed E-state index contributed by atoms with van der Waals surface area (Å²) in [5.74, 6) is -0.660. The number of ether oxygens (including phenoxy) is 1. The smallest absolute Gasteiger partial charge is 0.355 e. The number of hydrogen-bond acceptors (Lipinski definition) is 4. The van der Waals surface area contributed by atoms with E-state index in [1.807, 2.05) is 24.6 Å². The molecule has 1 saturated carbocycles. The van der Waals surface area contributed by atoms with E-state index < -0.39 is 12.1 Å². The van der Waals surface area contributed by atoms with E-state index in [1.165, 1.54) is 11.3 Å². The molecule has 1 atom stereocenters. The number of aryl methyl sites for hydroxylation is 2. The second-order valence-electron chi connectivity index (χ2n) is 6.59. The average molecular weight is 348 g/mol. The molecule has 24 heavy (non-hydrogen) atoms. The first-order valence-electron chi connectivity index (χ1n) is 8.53. The number of fused-ring (bicyclic) bond motifs is 1. The van der Waals surface area contributed by atoms with Crippen molar-refractivity contribution < 1.29 is 14.3 Å². The van der Waals surface area contributed by atoms with Gasteiger partial charge in [0.05, 0.1) is 10.2 Å². The minimum Gasteiger partial charge on any atom is -0.448 e. The molecule has 0 radical (unpaired) electrons. The van der Waals surface area contributed by atoms with Gasteiger partial charge in [-0.05, 0) is 38.8 Å². The Morgan fingerprint density at radius 1 is 1.29 bits per heavy atom. The topological polar surface area (TPSA) is 60.3 Å². The molecule has 0 spiro atoms. The molecule has 0 unspecified atom stereocenters. The van der Waals surface area contributed by atoms with Gasteiger partial charge in [0, 0.05) is 18.0 Å². The molecule has 0 saturated heterocycles. The van der Waals surface area contributed by atoms with Gasteiger partial charge in [0.15, 0.2) is 6.10 Å². The van der Waals surface area contributed by atoms with Gasteiger partial charge in [0.25, 0.3) is 5.91 Å². The average Bonchev–Trinajstić information content (AvgIpc) is 3.06. The second-order valence-corrected chi connectivity index (χ2v) is 7.87. The van der Waals surface area contributed by atoms with Crippen LogP contribution in [0.3, 0.4) is 0 Å². The van der Waals surface area contributed by atoms with Crippen LogP contribution in [0.2, 0.25) is 0 Å². The second kappa shape index (κ2) is 6.97. The maximum absolute atomic E-state index is 12.4. The minimum atomic E-state index is -0.783. The number of carbonyl (C=O) groups excluding carboxylic acids is 2. The summed E-state index contributed by atoms with van der Waals surface area (Å²) in [6, 6.07) is 4.10. The fourth-order valence-electron chi connectivity index (χ4n) is 3.27. The normalized spacial score (nSPS) is 17.0. The Labute approximate surface area is 146 Å². The summed E-state index contributed by atoms with van der Waals surface area (Å²) in [6.45, 7) is 3.67. The summed E-state index contributed by atoms with van der Waals surface area (Å²) >= 11 is 1.65. The van der Waals surface area contributed by atoms with Gasteiger partial charge in [-0.1, -0.05) is 19.3 Å². The number of nitrogens with one attached hydrogen (secondary N) is 1. The third-order valence-electron chi connectivity index (χ3n) is 4.67. The number of nitrogens with zero attached hydrogens (tertiary/aromatic N) is 1. The Balaban J connectivity index is 1.63. The Hall–Kier alpha value is -1.82. The molecule has 0 aromatic carbocycles. The van der Waals surface area contributed by atoms with Crippen molar-refractivity contribution in [2.24, 2.45) is 7.05 Å². The Morgan fingerprint density at radius 2 is 2.00 bits per heavy atom. The van der Waals surface area contributed by atoms with Gasteiger partial charge in [-0.25, -0.2) is 4.79 Å². The highest BCUT2D eigenvalue weighted by Gasteiger charge is 2.24. The lowest BCUT2D eigenvalue weighted by Gasteiger charge is -2.24. The minimum absolute atomic E-state index is 0.206. The number of thiophene rings is 1. The zero-order chi connectivity index (χ0) is 17.3. The Morgan fingerprint density at radius 3 is 2.67 bits per heavy atom. The Kier molecular flexibility index (Phi) is 4.94. The van der Waals surface area contributed by atoms with Crippen LogP contribution < -0.4 is 5.32 Å². The molecule has 1 N–H and O–H groups in total. The van der Waals surface area contributed by atoms with Gasteiger partial charge in [0.1, 0.15) is 5.69 Å². The summed E-state index contributed by atoms with van der Waals surface area (Å²) in [7, 11) is 1.85. The van der Waals surface area contributed by atoms with Crippen LogP contribution in [0.1, 0.15) is 54.4 Å². The molecule has 5 nitrogen and oxygen atoms in total. The zero-order valence-corrected chi connectivity index (χ0v) is 15.2. The van der Waals surface area contributed by atoms with Crippen molar-refractivity contribution in [1.82, 2.24) is 9.88 Å². The summed E-state index contributed by atoms with van der Waals surface area (Å²) < 4.78 is 8.27. The van der Waals surface area contributed by atoms with E-state index in [-0.39, 0.29) is 11.9 Å². The summed E-state index contributed by atoms with van der Waals surface area (Å²) in [4.78, 5) is 25.8. The molecule has 6 heteroatoms. The molecule has 130 valence electrons. The standard InChI is InChI=1S/C18H24N2O3S/c1-11-9-14-16(24-11)10-15(20(14)3)18(22)23-12(2)17(21)19-13-7-5-4-6-8-13/h9-10,12-13H,4-8H2,1-3H3,(H,19,21)/t12-/m1/s1. The van der Waals surface area contributed by atoms with E-state index in [1.54, 1.807) is 18.3 Å². The summed E-state index contributed by atoms with van der Waals surface area (Å²) in [6.07, 6.45) is 4.78. The number of carbonyl (C=O) groups is 2. The van der Waals surface area contributed by atoms with Crippen molar-refractivity contribution in [2.45, 2.75) is 58.1 Å². The first kappa shape index (κ1) is 17.0. The van der Waals surface area contributed by atoms with Gasteiger partial charge in [-0.3, -0.25) is 4.79 Å². The van der Waals surface area contributed by atoms with Crippen LogP contribution >= 0.6 is 11.3 Å². The fraction of sp³-hybridized carbons (Fsp3) is 0.556. The summed E-state index contributed by atoms with van der Waals surface area (Å²) in [5, 5.41) is 3.00. The molecule has 0 bridgehead atoms. The third-order valence-corrected chi connectivity index (χ3v) is 5.65. The molecular formula is C18H24N2O3S. The molecule has 1 aliphatic rings. The van der Waals surface area contributed by atoms with Gasteiger partial charge in [-0.2, -0.15) is 0 Å². The monoisotopic (exact) mass is 348 g/mol. The van der Waals surface area contributed by atoms with Crippen molar-refractivity contribution in [1.29, 1.82) is 0 Å². The molecule has 3 rings (SSSR count). The SMILES string of the molecule is Cc1cc2c(cc(C(=O)O[C@H](C)C(=O)NC3CCCCC3)n2C)s1.